The number of carbonyl (C=O) groups excluding carboxylic acids is 2. The second kappa shape index (κ2) is 8.39. The highest BCUT2D eigenvalue weighted by Crippen LogP contribution is 2.33. The Bertz CT molecular complexity index is 1310. The summed E-state index contributed by atoms with van der Waals surface area (Å²) < 4.78 is 1.29. The molecule has 7 nitrogen and oxygen atoms in total. The molecule has 2 amide bonds. The van der Waals surface area contributed by atoms with Crippen molar-refractivity contribution in [2.75, 3.05) is 10.6 Å². The molecule has 0 fully saturated rings. The van der Waals surface area contributed by atoms with E-state index in [0.717, 1.165) is 10.4 Å². The Morgan fingerprint density at radius 1 is 1.20 bits per heavy atom. The average Bonchev–Trinajstić information content (AvgIpc) is 3.35. The summed E-state index contributed by atoms with van der Waals surface area (Å²) >= 11 is 9.08. The highest BCUT2D eigenvalue weighted by Gasteiger charge is 2.15. The van der Waals surface area contributed by atoms with Gasteiger partial charge in [0.25, 0.3) is 5.56 Å². The van der Waals surface area contributed by atoms with Crippen LogP contribution in [-0.4, -0.2) is 21.4 Å². The van der Waals surface area contributed by atoms with Crippen LogP contribution in [0.15, 0.2) is 52.2 Å². The molecule has 0 aliphatic heterocycles. The van der Waals surface area contributed by atoms with E-state index >= 15 is 0 Å². The second-order valence-corrected chi connectivity index (χ2v) is 8.62. The van der Waals surface area contributed by atoms with Crippen molar-refractivity contribution in [1.82, 2.24) is 9.55 Å². The fraction of sp³-hybridized carbons (Fsp3) is 0.100. The standard InChI is InChI=1S/C20H15ClN4O3S2/c1-11(26)23-15-5-4-12(7-14(15)21)24-17(27)8-25-10-22-19-18(20(25)28)13(9-30-19)16-3-2-6-29-16/h2-7,9-10H,8H2,1H3,(H,23,26)(H,24,27). The van der Waals surface area contributed by atoms with Crippen molar-refractivity contribution in [3.8, 4) is 10.4 Å². The molecule has 0 radical (unpaired) electrons. The number of anilines is 2. The number of hydrogen-bond acceptors (Lipinski definition) is 6. The van der Waals surface area contributed by atoms with Crippen molar-refractivity contribution in [2.45, 2.75) is 13.5 Å². The number of thiophene rings is 2. The minimum Gasteiger partial charge on any atom is -0.325 e. The molecule has 0 aliphatic rings. The SMILES string of the molecule is CC(=O)Nc1ccc(NC(=O)Cn2cnc3scc(-c4cccs4)c3c2=O)cc1Cl. The lowest BCUT2D eigenvalue weighted by molar-refractivity contribution is -0.117. The molecule has 152 valence electrons. The minimum absolute atomic E-state index is 0.188. The molecule has 0 saturated heterocycles. The number of carbonyl (C=O) groups is 2. The lowest BCUT2D eigenvalue weighted by Gasteiger charge is -2.10. The molecule has 0 saturated carbocycles. The molecule has 0 bridgehead atoms. The van der Waals surface area contributed by atoms with E-state index in [1.54, 1.807) is 23.5 Å². The van der Waals surface area contributed by atoms with E-state index in [1.807, 2.05) is 22.9 Å². The summed E-state index contributed by atoms with van der Waals surface area (Å²) in [7, 11) is 0. The third-order valence-corrected chi connectivity index (χ3v) is 6.33. The van der Waals surface area contributed by atoms with E-state index in [0.29, 0.717) is 26.6 Å². The van der Waals surface area contributed by atoms with Crippen LogP contribution in [0, 0.1) is 0 Å². The number of hydrogen-bond donors (Lipinski definition) is 2. The van der Waals surface area contributed by atoms with Gasteiger partial charge in [0.05, 0.1) is 22.4 Å². The van der Waals surface area contributed by atoms with Gasteiger partial charge in [-0.05, 0) is 29.6 Å². The molecule has 0 atom stereocenters. The van der Waals surface area contributed by atoms with Gasteiger partial charge in [0, 0.05) is 28.4 Å². The first-order chi connectivity index (χ1) is 14.4. The van der Waals surface area contributed by atoms with Crippen LogP contribution < -0.4 is 16.2 Å². The maximum Gasteiger partial charge on any atom is 0.263 e. The van der Waals surface area contributed by atoms with Gasteiger partial charge in [-0.15, -0.1) is 22.7 Å². The molecule has 1 aromatic carbocycles. The number of aromatic nitrogens is 2. The molecule has 30 heavy (non-hydrogen) atoms. The zero-order chi connectivity index (χ0) is 21.3. The Kier molecular flexibility index (Phi) is 5.67. The summed E-state index contributed by atoms with van der Waals surface area (Å²) in [5.41, 5.74) is 1.47. The number of amides is 2. The minimum atomic E-state index is -0.394. The molecule has 10 heteroatoms. The smallest absolute Gasteiger partial charge is 0.263 e. The maximum absolute atomic E-state index is 13.0. The first-order valence-corrected chi connectivity index (χ1v) is 10.9. The summed E-state index contributed by atoms with van der Waals surface area (Å²) in [5, 5.41) is 9.97. The van der Waals surface area contributed by atoms with Gasteiger partial charge < -0.3 is 10.6 Å². The van der Waals surface area contributed by atoms with Crippen molar-refractivity contribution < 1.29 is 9.59 Å². The van der Waals surface area contributed by atoms with E-state index in [4.69, 9.17) is 11.6 Å². The molecule has 4 rings (SSSR count). The molecule has 0 aliphatic carbocycles. The fourth-order valence-corrected chi connectivity index (χ4v) is 4.88. The van der Waals surface area contributed by atoms with Gasteiger partial charge in [0.15, 0.2) is 0 Å². The maximum atomic E-state index is 13.0. The van der Waals surface area contributed by atoms with Gasteiger partial charge in [0.1, 0.15) is 11.4 Å². The third kappa shape index (κ3) is 4.13. The number of nitrogens with one attached hydrogen (secondary N) is 2. The topological polar surface area (TPSA) is 93.1 Å². The van der Waals surface area contributed by atoms with Crippen LogP contribution in [0.3, 0.4) is 0 Å². The first-order valence-electron chi connectivity index (χ1n) is 8.80. The lowest BCUT2D eigenvalue weighted by atomic mass is 10.2. The van der Waals surface area contributed by atoms with Crippen LogP contribution in [0.25, 0.3) is 20.7 Å². The molecular formula is C20H15ClN4O3S2. The number of halogens is 1. The quantitative estimate of drug-likeness (QED) is 0.462. The molecule has 0 unspecified atom stereocenters. The molecular weight excluding hydrogens is 444 g/mol. The van der Waals surface area contributed by atoms with E-state index < -0.39 is 5.91 Å². The van der Waals surface area contributed by atoms with Gasteiger partial charge in [-0.2, -0.15) is 0 Å². The molecule has 4 aromatic rings. The second-order valence-electron chi connectivity index (χ2n) is 6.41. The van der Waals surface area contributed by atoms with Crippen molar-refractivity contribution >= 4 is 67.7 Å². The Hall–Kier alpha value is -3.01. The Morgan fingerprint density at radius 3 is 2.73 bits per heavy atom. The monoisotopic (exact) mass is 458 g/mol. The number of nitrogens with zero attached hydrogens (tertiary/aromatic N) is 2. The Labute approximate surface area is 184 Å². The van der Waals surface area contributed by atoms with Crippen LogP contribution in [0.2, 0.25) is 5.02 Å². The van der Waals surface area contributed by atoms with Gasteiger partial charge in [0.2, 0.25) is 11.8 Å². The van der Waals surface area contributed by atoms with Crippen LogP contribution in [0.5, 0.6) is 0 Å². The zero-order valence-electron chi connectivity index (χ0n) is 15.6. The molecule has 2 N–H and O–H groups in total. The lowest BCUT2D eigenvalue weighted by Crippen LogP contribution is -2.27. The van der Waals surface area contributed by atoms with Crippen molar-refractivity contribution in [2.24, 2.45) is 0 Å². The fourth-order valence-electron chi connectivity index (χ4n) is 2.93. The summed E-state index contributed by atoms with van der Waals surface area (Å²) in [4.78, 5) is 42.6. The summed E-state index contributed by atoms with van der Waals surface area (Å²) in [5.74, 6) is -0.638. The normalized spacial score (nSPS) is 10.9. The highest BCUT2D eigenvalue weighted by molar-refractivity contribution is 7.18. The third-order valence-electron chi connectivity index (χ3n) is 4.22. The predicted octanol–water partition coefficient (Wildman–Crippen LogP) is 4.44. The first kappa shape index (κ1) is 20.3. The van der Waals surface area contributed by atoms with Crippen LogP contribution in [0.1, 0.15) is 6.92 Å². The number of benzene rings is 1. The van der Waals surface area contributed by atoms with E-state index in [2.05, 4.69) is 15.6 Å². The van der Waals surface area contributed by atoms with Gasteiger partial charge >= 0.3 is 0 Å². The van der Waals surface area contributed by atoms with Gasteiger partial charge in [-0.25, -0.2) is 4.98 Å². The molecule has 3 aromatic heterocycles. The number of rotatable bonds is 5. The Morgan fingerprint density at radius 2 is 2.03 bits per heavy atom. The van der Waals surface area contributed by atoms with E-state index in [-0.39, 0.29) is 18.0 Å². The Balaban J connectivity index is 1.56. The number of fused-ring (bicyclic) bond motifs is 1. The summed E-state index contributed by atoms with van der Waals surface area (Å²) in [6.07, 6.45) is 1.38. The van der Waals surface area contributed by atoms with Crippen molar-refractivity contribution in [1.29, 1.82) is 0 Å². The van der Waals surface area contributed by atoms with Crippen molar-refractivity contribution in [3.63, 3.8) is 0 Å². The average molecular weight is 459 g/mol. The zero-order valence-corrected chi connectivity index (χ0v) is 18.0. The highest BCUT2D eigenvalue weighted by atomic mass is 35.5. The van der Waals surface area contributed by atoms with Crippen LogP contribution >= 0.6 is 34.3 Å². The van der Waals surface area contributed by atoms with Crippen molar-refractivity contribution in [3.05, 3.63) is 62.8 Å². The summed E-state index contributed by atoms with van der Waals surface area (Å²) in [6, 6.07) is 8.62. The molecule has 0 spiro atoms. The van der Waals surface area contributed by atoms with Gasteiger partial charge in [-0.3, -0.25) is 19.0 Å². The van der Waals surface area contributed by atoms with Gasteiger partial charge in [-0.1, -0.05) is 17.7 Å². The van der Waals surface area contributed by atoms with E-state index in [1.165, 1.54) is 35.2 Å². The largest absolute Gasteiger partial charge is 0.325 e. The molecule has 3 heterocycles. The predicted molar refractivity (Wildman–Crippen MR) is 122 cm³/mol. The van der Waals surface area contributed by atoms with Crippen LogP contribution in [0.4, 0.5) is 11.4 Å². The summed E-state index contributed by atoms with van der Waals surface area (Å²) in [6.45, 7) is 1.19. The van der Waals surface area contributed by atoms with E-state index in [9.17, 15) is 14.4 Å². The van der Waals surface area contributed by atoms with Crippen LogP contribution in [-0.2, 0) is 16.1 Å².